The molecule has 1 heterocycles. The van der Waals surface area contributed by atoms with Gasteiger partial charge < -0.3 is 15.2 Å². The summed E-state index contributed by atoms with van der Waals surface area (Å²) in [6, 6.07) is 15.0. The molecule has 0 spiro atoms. The van der Waals surface area contributed by atoms with E-state index in [4.69, 9.17) is 4.74 Å². The van der Waals surface area contributed by atoms with Gasteiger partial charge in [0, 0.05) is 17.7 Å². The second-order valence-corrected chi connectivity index (χ2v) is 10.6. The largest absolute Gasteiger partial charge is 0.485 e. The van der Waals surface area contributed by atoms with Crippen LogP contribution in [0.3, 0.4) is 0 Å². The number of anilines is 1. The molecule has 6 nitrogen and oxygen atoms in total. The summed E-state index contributed by atoms with van der Waals surface area (Å²) in [6.45, 7) is 8.06. The molecule has 0 bridgehead atoms. The zero-order valence-electron chi connectivity index (χ0n) is 18.3. The molecule has 0 saturated carbocycles. The van der Waals surface area contributed by atoms with E-state index < -0.39 is 21.7 Å². The van der Waals surface area contributed by atoms with Crippen molar-refractivity contribution < 1.29 is 18.3 Å². The molecule has 0 aliphatic carbocycles. The van der Waals surface area contributed by atoms with Crippen LogP contribution in [0.25, 0.3) is 0 Å². The van der Waals surface area contributed by atoms with E-state index in [-0.39, 0.29) is 12.1 Å². The predicted molar refractivity (Wildman–Crippen MR) is 121 cm³/mol. The van der Waals surface area contributed by atoms with Crippen LogP contribution in [0, 0.1) is 0 Å². The first kappa shape index (κ1) is 22.6. The van der Waals surface area contributed by atoms with Gasteiger partial charge in [0.1, 0.15) is 17.5 Å². The molecule has 1 aliphatic heterocycles. The quantitative estimate of drug-likeness (QED) is 0.702. The lowest BCUT2D eigenvalue weighted by Crippen LogP contribution is -2.52. The highest BCUT2D eigenvalue weighted by atomic mass is 32.2. The van der Waals surface area contributed by atoms with E-state index >= 15 is 0 Å². The minimum Gasteiger partial charge on any atom is -0.485 e. The highest BCUT2D eigenvalue weighted by Crippen LogP contribution is 2.42. The third-order valence-corrected chi connectivity index (χ3v) is 6.78. The molecular weight excluding hydrogens is 400 g/mol. The van der Waals surface area contributed by atoms with Gasteiger partial charge in [-0.05, 0) is 52.3 Å². The summed E-state index contributed by atoms with van der Waals surface area (Å²) in [5.41, 5.74) is 1.79. The Morgan fingerprint density at radius 3 is 2.43 bits per heavy atom. The SMILES string of the molecule is CC(C)N(c1ccc2c(c1)OC(C)(C)C(O)C2NCCc1ccccc1)S(C)(=O)=O. The predicted octanol–water partition coefficient (Wildman–Crippen LogP) is 3.27. The molecule has 0 radical (unpaired) electrons. The Bertz CT molecular complexity index is 974. The van der Waals surface area contributed by atoms with Crippen molar-refractivity contribution >= 4 is 15.7 Å². The number of ether oxygens (including phenoxy) is 1. The maximum Gasteiger partial charge on any atom is 0.232 e. The Morgan fingerprint density at radius 2 is 1.83 bits per heavy atom. The molecule has 0 amide bonds. The Labute approximate surface area is 179 Å². The van der Waals surface area contributed by atoms with E-state index in [9.17, 15) is 13.5 Å². The van der Waals surface area contributed by atoms with E-state index in [0.29, 0.717) is 18.0 Å². The van der Waals surface area contributed by atoms with Gasteiger partial charge in [0.15, 0.2) is 0 Å². The third kappa shape index (κ3) is 4.79. The van der Waals surface area contributed by atoms with Gasteiger partial charge in [-0.25, -0.2) is 8.42 Å². The van der Waals surface area contributed by atoms with Gasteiger partial charge in [0.2, 0.25) is 10.0 Å². The van der Waals surface area contributed by atoms with Crippen LogP contribution in [0.1, 0.15) is 44.9 Å². The lowest BCUT2D eigenvalue weighted by atomic mass is 9.86. The molecule has 0 fully saturated rings. The minimum atomic E-state index is -3.43. The van der Waals surface area contributed by atoms with Crippen LogP contribution in [-0.2, 0) is 16.4 Å². The fraction of sp³-hybridized carbons (Fsp3) is 0.478. The summed E-state index contributed by atoms with van der Waals surface area (Å²) in [6.07, 6.45) is 1.30. The molecule has 2 unspecified atom stereocenters. The summed E-state index contributed by atoms with van der Waals surface area (Å²) in [7, 11) is -3.43. The number of hydrogen-bond acceptors (Lipinski definition) is 5. The third-order valence-electron chi connectivity index (χ3n) is 5.43. The van der Waals surface area contributed by atoms with Crippen molar-refractivity contribution in [1.82, 2.24) is 5.32 Å². The van der Waals surface area contributed by atoms with Crippen molar-refractivity contribution in [3.63, 3.8) is 0 Å². The van der Waals surface area contributed by atoms with Gasteiger partial charge in [-0.2, -0.15) is 0 Å². The Balaban J connectivity index is 1.89. The van der Waals surface area contributed by atoms with Gasteiger partial charge >= 0.3 is 0 Å². The van der Waals surface area contributed by atoms with Gasteiger partial charge in [-0.1, -0.05) is 36.4 Å². The van der Waals surface area contributed by atoms with Crippen molar-refractivity contribution in [3.8, 4) is 5.75 Å². The first-order chi connectivity index (χ1) is 14.0. The average molecular weight is 433 g/mol. The molecule has 164 valence electrons. The van der Waals surface area contributed by atoms with Crippen LogP contribution in [0.2, 0.25) is 0 Å². The summed E-state index contributed by atoms with van der Waals surface area (Å²) in [5.74, 6) is 0.592. The second-order valence-electron chi connectivity index (χ2n) is 8.69. The van der Waals surface area contributed by atoms with Crippen LogP contribution in [0.5, 0.6) is 5.75 Å². The first-order valence-corrected chi connectivity index (χ1v) is 12.1. The number of nitrogens with one attached hydrogen (secondary N) is 1. The molecule has 2 atom stereocenters. The molecule has 2 aromatic carbocycles. The molecule has 2 aromatic rings. The van der Waals surface area contributed by atoms with Gasteiger partial charge in [-0.3, -0.25) is 4.31 Å². The smallest absolute Gasteiger partial charge is 0.232 e. The number of nitrogens with zero attached hydrogens (tertiary/aromatic N) is 1. The number of benzene rings is 2. The standard InChI is InChI=1S/C23H32N2O4S/c1-16(2)25(30(5,27)28)18-11-12-19-20(15-18)29-23(3,4)22(26)21(19)24-14-13-17-9-7-6-8-10-17/h6-12,15-16,21-22,24,26H,13-14H2,1-5H3. The Hall–Kier alpha value is -2.09. The summed E-state index contributed by atoms with van der Waals surface area (Å²) >= 11 is 0. The maximum absolute atomic E-state index is 12.3. The van der Waals surface area contributed by atoms with Crippen LogP contribution in [0.4, 0.5) is 5.69 Å². The number of sulfonamides is 1. The fourth-order valence-electron chi connectivity index (χ4n) is 4.03. The Morgan fingerprint density at radius 1 is 1.17 bits per heavy atom. The monoisotopic (exact) mass is 432 g/mol. The molecule has 1 aliphatic rings. The van der Waals surface area contributed by atoms with Crippen LogP contribution >= 0.6 is 0 Å². The van der Waals surface area contributed by atoms with E-state index in [1.807, 2.05) is 52.0 Å². The highest BCUT2D eigenvalue weighted by Gasteiger charge is 2.43. The maximum atomic E-state index is 12.3. The molecule has 7 heteroatoms. The highest BCUT2D eigenvalue weighted by molar-refractivity contribution is 7.92. The second kappa shape index (κ2) is 8.57. The molecular formula is C23H32N2O4S. The summed E-state index contributed by atoms with van der Waals surface area (Å²) in [5, 5.41) is 14.4. The van der Waals surface area contributed by atoms with E-state index in [1.54, 1.807) is 12.1 Å². The normalized spacial score (nSPS) is 20.5. The van der Waals surface area contributed by atoms with Crippen LogP contribution in [0.15, 0.2) is 48.5 Å². The number of aliphatic hydroxyl groups is 1. The molecule has 2 N–H and O–H groups in total. The topological polar surface area (TPSA) is 78.9 Å². The van der Waals surface area contributed by atoms with Crippen LogP contribution in [-0.4, -0.2) is 44.1 Å². The number of fused-ring (bicyclic) bond motifs is 1. The number of hydrogen-bond donors (Lipinski definition) is 2. The molecule has 0 saturated heterocycles. The molecule has 0 aromatic heterocycles. The average Bonchev–Trinajstić information content (AvgIpc) is 2.64. The van der Waals surface area contributed by atoms with E-state index in [1.165, 1.54) is 16.1 Å². The van der Waals surface area contributed by atoms with Crippen LogP contribution < -0.4 is 14.4 Å². The lowest BCUT2D eigenvalue weighted by Gasteiger charge is -2.43. The van der Waals surface area contributed by atoms with Crippen molar-refractivity contribution in [3.05, 3.63) is 59.7 Å². The fourth-order valence-corrected chi connectivity index (χ4v) is 5.29. The number of aliphatic hydroxyl groups excluding tert-OH is 1. The van der Waals surface area contributed by atoms with E-state index in [0.717, 1.165) is 12.0 Å². The lowest BCUT2D eigenvalue weighted by molar-refractivity contribution is -0.0643. The van der Waals surface area contributed by atoms with Crippen molar-refractivity contribution in [1.29, 1.82) is 0 Å². The van der Waals surface area contributed by atoms with E-state index in [2.05, 4.69) is 17.4 Å². The molecule has 3 rings (SSSR count). The number of rotatable bonds is 7. The zero-order valence-corrected chi connectivity index (χ0v) is 19.1. The first-order valence-electron chi connectivity index (χ1n) is 10.3. The van der Waals surface area contributed by atoms with Gasteiger partial charge in [0.25, 0.3) is 0 Å². The zero-order chi connectivity index (χ0) is 22.1. The minimum absolute atomic E-state index is 0.222. The Kier molecular flexibility index (Phi) is 6.45. The van der Waals surface area contributed by atoms with Crippen molar-refractivity contribution in [2.24, 2.45) is 0 Å². The van der Waals surface area contributed by atoms with Gasteiger partial charge in [-0.15, -0.1) is 0 Å². The molecule has 30 heavy (non-hydrogen) atoms. The van der Waals surface area contributed by atoms with Gasteiger partial charge in [0.05, 0.1) is 18.0 Å². The summed E-state index contributed by atoms with van der Waals surface area (Å²) in [4.78, 5) is 0. The van der Waals surface area contributed by atoms with Crippen molar-refractivity contribution in [2.45, 2.75) is 57.9 Å². The van der Waals surface area contributed by atoms with Crippen molar-refractivity contribution in [2.75, 3.05) is 17.1 Å². The summed E-state index contributed by atoms with van der Waals surface area (Å²) < 4.78 is 32.1.